The van der Waals surface area contributed by atoms with E-state index in [9.17, 15) is 13.2 Å². The molecule has 7 nitrogen and oxygen atoms in total. The minimum atomic E-state index is -3.86. The highest BCUT2D eigenvalue weighted by Crippen LogP contribution is 2.32. The minimum absolute atomic E-state index is 0.107. The van der Waals surface area contributed by atoms with Crippen LogP contribution in [0.1, 0.15) is 6.92 Å². The quantitative estimate of drug-likeness (QED) is 0.672. The summed E-state index contributed by atoms with van der Waals surface area (Å²) in [6.45, 7) is 2.41. The molecule has 8 heteroatoms. The summed E-state index contributed by atoms with van der Waals surface area (Å²) in [5.74, 6) is 0.670. The van der Waals surface area contributed by atoms with Crippen LogP contribution in [0.5, 0.6) is 11.5 Å². The third-order valence-electron chi connectivity index (χ3n) is 4.57. The zero-order valence-corrected chi connectivity index (χ0v) is 16.5. The van der Waals surface area contributed by atoms with Crippen LogP contribution in [0.15, 0.2) is 65.6 Å². The Hall–Kier alpha value is -3.10. The Kier molecular flexibility index (Phi) is 5.12. The number of hydrogen-bond acceptors (Lipinski definition) is 5. The van der Waals surface area contributed by atoms with Gasteiger partial charge in [0.25, 0.3) is 0 Å². The van der Waals surface area contributed by atoms with E-state index in [1.807, 2.05) is 24.3 Å². The highest BCUT2D eigenvalue weighted by Gasteiger charge is 2.23. The molecule has 0 radical (unpaired) electrons. The topological polar surface area (TPSA) is 93.7 Å². The van der Waals surface area contributed by atoms with Gasteiger partial charge in [-0.15, -0.1) is 0 Å². The van der Waals surface area contributed by atoms with E-state index >= 15 is 0 Å². The Morgan fingerprint density at radius 1 is 0.931 bits per heavy atom. The molecule has 0 bridgehead atoms. The molecule has 3 aromatic carbocycles. The minimum Gasteiger partial charge on any atom is -0.486 e. The van der Waals surface area contributed by atoms with E-state index in [-0.39, 0.29) is 4.90 Å². The third-order valence-corrected chi connectivity index (χ3v) is 6.10. The number of nitrogens with one attached hydrogen (secondary N) is 2. The van der Waals surface area contributed by atoms with Crippen molar-refractivity contribution in [2.45, 2.75) is 17.9 Å². The van der Waals surface area contributed by atoms with Crippen molar-refractivity contribution < 1.29 is 22.7 Å². The molecule has 2 N–H and O–H groups in total. The molecule has 4 rings (SSSR count). The summed E-state index contributed by atoms with van der Waals surface area (Å²) in [6.07, 6.45) is 0. The number of sulfonamides is 1. The number of benzene rings is 3. The second kappa shape index (κ2) is 7.73. The van der Waals surface area contributed by atoms with Crippen molar-refractivity contribution in [2.75, 3.05) is 18.5 Å². The van der Waals surface area contributed by atoms with Crippen molar-refractivity contribution in [1.82, 2.24) is 4.72 Å². The molecule has 1 heterocycles. The molecular formula is C21H20N2O5S. The maximum atomic E-state index is 12.7. The first-order valence-electron chi connectivity index (χ1n) is 9.14. The van der Waals surface area contributed by atoms with Gasteiger partial charge in [-0.1, -0.05) is 30.3 Å². The van der Waals surface area contributed by atoms with Crippen molar-refractivity contribution in [2.24, 2.45) is 0 Å². The molecule has 3 aromatic rings. The van der Waals surface area contributed by atoms with Crippen molar-refractivity contribution in [1.29, 1.82) is 0 Å². The highest BCUT2D eigenvalue weighted by molar-refractivity contribution is 7.89. The number of ether oxygens (including phenoxy) is 2. The van der Waals surface area contributed by atoms with Crippen molar-refractivity contribution in [3.8, 4) is 11.5 Å². The third kappa shape index (κ3) is 4.18. The predicted octanol–water partition coefficient (Wildman–Crippen LogP) is 2.92. The van der Waals surface area contributed by atoms with E-state index in [1.54, 1.807) is 30.3 Å². The first-order chi connectivity index (χ1) is 13.9. The van der Waals surface area contributed by atoms with Crippen LogP contribution >= 0.6 is 0 Å². The standard InChI is InChI=1S/C21H20N2O5S/c1-14(21(24)22-17-7-9-19-20(13-17)28-11-10-27-19)23-29(25,26)18-8-6-15-4-2-3-5-16(15)12-18/h2-9,12-14,23H,10-11H2,1H3,(H,22,24)/t14-/m1/s1. The number of rotatable bonds is 5. The summed E-state index contributed by atoms with van der Waals surface area (Å²) >= 11 is 0. The molecule has 1 aliphatic heterocycles. The van der Waals surface area contributed by atoms with E-state index in [0.717, 1.165) is 10.8 Å². The fourth-order valence-corrected chi connectivity index (χ4v) is 4.30. The zero-order chi connectivity index (χ0) is 20.4. The largest absolute Gasteiger partial charge is 0.486 e. The summed E-state index contributed by atoms with van der Waals surface area (Å²) in [5.41, 5.74) is 0.496. The average molecular weight is 412 g/mol. The van der Waals surface area contributed by atoms with Gasteiger partial charge in [-0.3, -0.25) is 4.79 Å². The number of fused-ring (bicyclic) bond motifs is 2. The lowest BCUT2D eigenvalue weighted by atomic mass is 10.1. The summed E-state index contributed by atoms with van der Waals surface area (Å²) < 4.78 is 38.8. The molecule has 0 aliphatic carbocycles. The van der Waals surface area contributed by atoms with Crippen LogP contribution in [-0.2, 0) is 14.8 Å². The second-order valence-electron chi connectivity index (χ2n) is 6.70. The van der Waals surface area contributed by atoms with Crippen molar-refractivity contribution in [3.05, 3.63) is 60.7 Å². The van der Waals surface area contributed by atoms with Gasteiger partial charge < -0.3 is 14.8 Å². The predicted molar refractivity (Wildman–Crippen MR) is 110 cm³/mol. The van der Waals surface area contributed by atoms with E-state index in [2.05, 4.69) is 10.0 Å². The van der Waals surface area contributed by atoms with Gasteiger partial charge >= 0.3 is 0 Å². The fraction of sp³-hybridized carbons (Fsp3) is 0.190. The molecule has 0 fully saturated rings. The van der Waals surface area contributed by atoms with Crippen molar-refractivity contribution in [3.63, 3.8) is 0 Å². The summed E-state index contributed by atoms with van der Waals surface area (Å²) in [6, 6.07) is 16.4. The molecule has 1 atom stereocenters. The lowest BCUT2D eigenvalue weighted by Crippen LogP contribution is -2.41. The van der Waals surface area contributed by atoms with Crippen LogP contribution in [0.25, 0.3) is 10.8 Å². The second-order valence-corrected chi connectivity index (χ2v) is 8.41. The van der Waals surface area contributed by atoms with Gasteiger partial charge in [0.05, 0.1) is 10.9 Å². The van der Waals surface area contributed by atoms with Gasteiger partial charge in [0.2, 0.25) is 15.9 Å². The number of carbonyl (C=O) groups excluding carboxylic acids is 1. The van der Waals surface area contributed by atoms with Crippen LogP contribution in [-0.4, -0.2) is 33.6 Å². The number of hydrogen-bond donors (Lipinski definition) is 2. The normalized spacial score (nSPS) is 14.4. The summed E-state index contributed by atoms with van der Waals surface area (Å²) in [4.78, 5) is 12.6. The molecule has 150 valence electrons. The Bertz CT molecular complexity index is 1180. The van der Waals surface area contributed by atoms with Crippen LogP contribution in [0.3, 0.4) is 0 Å². The molecule has 0 saturated carbocycles. The lowest BCUT2D eigenvalue weighted by molar-refractivity contribution is -0.117. The first-order valence-corrected chi connectivity index (χ1v) is 10.6. The molecule has 0 unspecified atom stereocenters. The number of amides is 1. The number of anilines is 1. The van der Waals surface area contributed by atoms with Crippen LogP contribution in [0.2, 0.25) is 0 Å². The fourth-order valence-electron chi connectivity index (χ4n) is 3.06. The number of carbonyl (C=O) groups is 1. The average Bonchev–Trinajstić information content (AvgIpc) is 2.73. The smallest absolute Gasteiger partial charge is 0.242 e. The molecule has 0 aromatic heterocycles. The monoisotopic (exact) mass is 412 g/mol. The Labute approximate surface area is 168 Å². The van der Waals surface area contributed by atoms with Gasteiger partial charge in [0.1, 0.15) is 13.2 Å². The molecule has 0 spiro atoms. The van der Waals surface area contributed by atoms with E-state index < -0.39 is 22.0 Å². The molecular weight excluding hydrogens is 392 g/mol. The van der Waals surface area contributed by atoms with Gasteiger partial charge in [-0.25, -0.2) is 8.42 Å². The SMILES string of the molecule is C[C@@H](NS(=O)(=O)c1ccc2ccccc2c1)C(=O)Nc1ccc2c(c1)OCCO2. The summed E-state index contributed by atoms with van der Waals surface area (Å²) in [7, 11) is -3.86. The van der Waals surface area contributed by atoms with Crippen LogP contribution in [0.4, 0.5) is 5.69 Å². The first kappa shape index (κ1) is 19.2. The maximum absolute atomic E-state index is 12.7. The summed E-state index contributed by atoms with van der Waals surface area (Å²) in [5, 5.41) is 4.44. The Balaban J connectivity index is 1.47. The van der Waals surface area contributed by atoms with Crippen molar-refractivity contribution >= 4 is 32.4 Å². The van der Waals surface area contributed by atoms with Gasteiger partial charge in [-0.2, -0.15) is 4.72 Å². The molecule has 29 heavy (non-hydrogen) atoms. The molecule has 1 amide bonds. The van der Waals surface area contributed by atoms with Crippen LogP contribution < -0.4 is 19.5 Å². The molecule has 0 saturated heterocycles. The van der Waals surface area contributed by atoms with E-state index in [4.69, 9.17) is 9.47 Å². The van der Waals surface area contributed by atoms with Gasteiger partial charge in [-0.05, 0) is 42.0 Å². The Morgan fingerprint density at radius 3 is 2.45 bits per heavy atom. The van der Waals surface area contributed by atoms with Gasteiger partial charge in [0, 0.05) is 11.8 Å². The zero-order valence-electron chi connectivity index (χ0n) is 15.7. The van der Waals surface area contributed by atoms with E-state index in [0.29, 0.717) is 30.4 Å². The van der Waals surface area contributed by atoms with E-state index in [1.165, 1.54) is 13.0 Å². The maximum Gasteiger partial charge on any atom is 0.242 e. The Morgan fingerprint density at radius 2 is 1.66 bits per heavy atom. The van der Waals surface area contributed by atoms with Crippen LogP contribution in [0, 0.1) is 0 Å². The molecule has 1 aliphatic rings. The van der Waals surface area contributed by atoms with Gasteiger partial charge in [0.15, 0.2) is 11.5 Å². The highest BCUT2D eigenvalue weighted by atomic mass is 32.2. The lowest BCUT2D eigenvalue weighted by Gasteiger charge is -2.19.